The van der Waals surface area contributed by atoms with Crippen LogP contribution in [-0.4, -0.2) is 15.9 Å². The third-order valence-corrected chi connectivity index (χ3v) is 2.19. The SMILES string of the molecule is O=C(NCc1cccnc1)c1cc(=O)cc[nH]1. The summed E-state index contributed by atoms with van der Waals surface area (Å²) in [4.78, 5) is 29.4. The van der Waals surface area contributed by atoms with E-state index in [1.54, 1.807) is 18.5 Å². The largest absolute Gasteiger partial charge is 0.357 e. The van der Waals surface area contributed by atoms with Crippen LogP contribution in [0.2, 0.25) is 0 Å². The van der Waals surface area contributed by atoms with Crippen molar-refractivity contribution in [1.82, 2.24) is 15.3 Å². The molecule has 0 aliphatic carbocycles. The first kappa shape index (κ1) is 11.1. The number of hydrogen-bond donors (Lipinski definition) is 2. The van der Waals surface area contributed by atoms with E-state index in [4.69, 9.17) is 0 Å². The van der Waals surface area contributed by atoms with Crippen molar-refractivity contribution in [1.29, 1.82) is 0 Å². The van der Waals surface area contributed by atoms with E-state index in [0.29, 0.717) is 6.54 Å². The summed E-state index contributed by atoms with van der Waals surface area (Å²) < 4.78 is 0. The Morgan fingerprint density at radius 2 is 2.29 bits per heavy atom. The van der Waals surface area contributed by atoms with Crippen LogP contribution in [0, 0.1) is 0 Å². The van der Waals surface area contributed by atoms with Crippen molar-refractivity contribution in [2.75, 3.05) is 0 Å². The monoisotopic (exact) mass is 229 g/mol. The zero-order chi connectivity index (χ0) is 12.1. The van der Waals surface area contributed by atoms with Gasteiger partial charge in [0.25, 0.3) is 5.91 Å². The van der Waals surface area contributed by atoms with Crippen molar-refractivity contribution in [3.05, 3.63) is 64.3 Å². The molecule has 0 aliphatic rings. The Labute approximate surface area is 97.5 Å². The standard InChI is InChI=1S/C12H11N3O2/c16-10-3-5-14-11(6-10)12(17)15-8-9-2-1-4-13-7-9/h1-7H,8H2,(H,14,16)(H,15,17). The summed E-state index contributed by atoms with van der Waals surface area (Å²) in [5, 5.41) is 2.69. The molecule has 17 heavy (non-hydrogen) atoms. The Balaban J connectivity index is 2.01. The lowest BCUT2D eigenvalue weighted by atomic mass is 10.2. The smallest absolute Gasteiger partial charge is 0.268 e. The summed E-state index contributed by atoms with van der Waals surface area (Å²) >= 11 is 0. The zero-order valence-electron chi connectivity index (χ0n) is 9.01. The van der Waals surface area contributed by atoms with E-state index in [1.807, 2.05) is 6.07 Å². The molecule has 0 radical (unpaired) electrons. The Morgan fingerprint density at radius 3 is 3.00 bits per heavy atom. The highest BCUT2D eigenvalue weighted by Crippen LogP contribution is 1.96. The molecule has 2 rings (SSSR count). The first-order chi connectivity index (χ1) is 8.25. The van der Waals surface area contributed by atoms with Gasteiger partial charge in [0.15, 0.2) is 5.43 Å². The number of carbonyl (C=O) groups excluding carboxylic acids is 1. The average Bonchev–Trinajstić information content (AvgIpc) is 2.37. The fourth-order valence-corrected chi connectivity index (χ4v) is 1.36. The normalized spacial score (nSPS) is 9.88. The summed E-state index contributed by atoms with van der Waals surface area (Å²) in [6, 6.07) is 6.28. The lowest BCUT2D eigenvalue weighted by Gasteiger charge is -2.04. The molecule has 5 heteroatoms. The van der Waals surface area contributed by atoms with Gasteiger partial charge in [0.05, 0.1) is 0 Å². The molecule has 0 unspecified atom stereocenters. The highest BCUT2D eigenvalue weighted by molar-refractivity contribution is 5.92. The van der Waals surface area contributed by atoms with Gasteiger partial charge in [0.1, 0.15) is 5.69 Å². The molecule has 0 aromatic carbocycles. The van der Waals surface area contributed by atoms with Crippen LogP contribution in [0.4, 0.5) is 0 Å². The number of H-pyrrole nitrogens is 1. The van der Waals surface area contributed by atoms with Crippen molar-refractivity contribution in [2.24, 2.45) is 0 Å². The van der Waals surface area contributed by atoms with Crippen LogP contribution in [0.25, 0.3) is 0 Å². The minimum atomic E-state index is -0.313. The molecule has 86 valence electrons. The molecule has 0 saturated carbocycles. The number of aromatic nitrogens is 2. The fourth-order valence-electron chi connectivity index (χ4n) is 1.36. The van der Waals surface area contributed by atoms with Gasteiger partial charge in [-0.2, -0.15) is 0 Å². The van der Waals surface area contributed by atoms with Crippen LogP contribution in [0.5, 0.6) is 0 Å². The number of amides is 1. The second-order valence-corrected chi connectivity index (χ2v) is 3.48. The van der Waals surface area contributed by atoms with Crippen molar-refractivity contribution in [3.63, 3.8) is 0 Å². The van der Waals surface area contributed by atoms with Crippen LogP contribution in [0.3, 0.4) is 0 Å². The minimum absolute atomic E-state index is 0.199. The molecule has 0 bridgehead atoms. The summed E-state index contributed by atoms with van der Waals surface area (Å²) in [6.45, 7) is 0.379. The number of nitrogens with zero attached hydrogens (tertiary/aromatic N) is 1. The number of aromatic amines is 1. The van der Waals surface area contributed by atoms with Crippen LogP contribution in [0.1, 0.15) is 16.1 Å². The van der Waals surface area contributed by atoms with Crippen LogP contribution in [-0.2, 0) is 6.54 Å². The molecule has 2 aromatic heterocycles. The van der Waals surface area contributed by atoms with E-state index in [0.717, 1.165) is 5.56 Å². The number of nitrogens with one attached hydrogen (secondary N) is 2. The van der Waals surface area contributed by atoms with Gasteiger partial charge in [-0.15, -0.1) is 0 Å². The van der Waals surface area contributed by atoms with Gasteiger partial charge in [0, 0.05) is 37.3 Å². The van der Waals surface area contributed by atoms with Gasteiger partial charge in [-0.25, -0.2) is 0 Å². The number of hydrogen-bond acceptors (Lipinski definition) is 3. The van der Waals surface area contributed by atoms with Gasteiger partial charge in [-0.1, -0.05) is 6.07 Å². The van der Waals surface area contributed by atoms with Crippen molar-refractivity contribution in [2.45, 2.75) is 6.54 Å². The molecular weight excluding hydrogens is 218 g/mol. The van der Waals surface area contributed by atoms with Gasteiger partial charge in [-0.3, -0.25) is 14.6 Å². The van der Waals surface area contributed by atoms with Crippen molar-refractivity contribution in [3.8, 4) is 0 Å². The van der Waals surface area contributed by atoms with E-state index in [9.17, 15) is 9.59 Å². The van der Waals surface area contributed by atoms with Crippen molar-refractivity contribution >= 4 is 5.91 Å². The third-order valence-electron chi connectivity index (χ3n) is 2.19. The quantitative estimate of drug-likeness (QED) is 0.813. The highest BCUT2D eigenvalue weighted by Gasteiger charge is 2.05. The Bertz CT molecular complexity index is 563. The van der Waals surface area contributed by atoms with E-state index < -0.39 is 0 Å². The maximum atomic E-state index is 11.7. The molecule has 1 amide bonds. The number of rotatable bonds is 3. The molecule has 0 aliphatic heterocycles. The van der Waals surface area contributed by atoms with E-state index >= 15 is 0 Å². The minimum Gasteiger partial charge on any atom is -0.357 e. The second-order valence-electron chi connectivity index (χ2n) is 3.48. The Kier molecular flexibility index (Phi) is 3.30. The zero-order valence-corrected chi connectivity index (χ0v) is 9.01. The summed E-state index contributed by atoms with van der Waals surface area (Å²) in [5.74, 6) is -0.313. The predicted octanol–water partition coefficient (Wildman–Crippen LogP) is 0.700. The van der Waals surface area contributed by atoms with Gasteiger partial charge < -0.3 is 10.3 Å². The van der Waals surface area contributed by atoms with Gasteiger partial charge in [-0.05, 0) is 11.6 Å². The lowest BCUT2D eigenvalue weighted by molar-refractivity contribution is 0.0946. The molecular formula is C12H11N3O2. The topological polar surface area (TPSA) is 74.8 Å². The first-order valence-corrected chi connectivity index (χ1v) is 5.11. The van der Waals surface area contributed by atoms with Crippen LogP contribution < -0.4 is 10.7 Å². The lowest BCUT2D eigenvalue weighted by Crippen LogP contribution is -2.24. The molecule has 2 heterocycles. The van der Waals surface area contributed by atoms with Gasteiger partial charge >= 0.3 is 0 Å². The third kappa shape index (κ3) is 3.01. The molecule has 0 saturated heterocycles. The second kappa shape index (κ2) is 5.07. The average molecular weight is 229 g/mol. The number of pyridine rings is 2. The highest BCUT2D eigenvalue weighted by atomic mass is 16.2. The van der Waals surface area contributed by atoms with E-state index in [2.05, 4.69) is 15.3 Å². The summed E-state index contributed by atoms with van der Waals surface area (Å²) in [6.07, 6.45) is 4.79. The van der Waals surface area contributed by atoms with E-state index in [1.165, 1.54) is 18.3 Å². The maximum absolute atomic E-state index is 11.7. The molecule has 2 aromatic rings. The Hall–Kier alpha value is -2.43. The molecule has 0 fully saturated rings. The molecule has 5 nitrogen and oxygen atoms in total. The molecule has 2 N–H and O–H groups in total. The fraction of sp³-hybridized carbons (Fsp3) is 0.0833. The Morgan fingerprint density at radius 1 is 1.41 bits per heavy atom. The van der Waals surface area contributed by atoms with Gasteiger partial charge in [0.2, 0.25) is 0 Å². The first-order valence-electron chi connectivity index (χ1n) is 5.11. The van der Waals surface area contributed by atoms with Crippen LogP contribution >= 0.6 is 0 Å². The molecule has 0 spiro atoms. The maximum Gasteiger partial charge on any atom is 0.268 e. The van der Waals surface area contributed by atoms with E-state index in [-0.39, 0.29) is 17.0 Å². The van der Waals surface area contributed by atoms with Crippen LogP contribution in [0.15, 0.2) is 47.7 Å². The predicted molar refractivity (Wildman–Crippen MR) is 62.5 cm³/mol. The van der Waals surface area contributed by atoms with Crippen molar-refractivity contribution < 1.29 is 4.79 Å². The molecule has 0 atom stereocenters. The summed E-state index contributed by atoms with van der Waals surface area (Å²) in [5.41, 5.74) is 0.954. The summed E-state index contributed by atoms with van der Waals surface area (Å²) in [7, 11) is 0. The number of carbonyl (C=O) groups is 1.